The fourth-order valence-corrected chi connectivity index (χ4v) is 6.10. The third kappa shape index (κ3) is 6.34. The van der Waals surface area contributed by atoms with Gasteiger partial charge in [-0.05, 0) is 31.7 Å². The van der Waals surface area contributed by atoms with Crippen molar-refractivity contribution in [2.24, 2.45) is 0 Å². The molecule has 10 heteroatoms. The summed E-state index contributed by atoms with van der Waals surface area (Å²) in [6, 6.07) is 9.79. The van der Waals surface area contributed by atoms with E-state index in [0.29, 0.717) is 18.5 Å². The molecule has 1 aliphatic rings. The van der Waals surface area contributed by atoms with Gasteiger partial charge in [-0.1, -0.05) is 30.3 Å². The highest BCUT2D eigenvalue weighted by Gasteiger charge is 2.46. The van der Waals surface area contributed by atoms with Crippen LogP contribution in [0, 0.1) is 0 Å². The molecule has 0 spiro atoms. The smallest absolute Gasteiger partial charge is 0.416 e. The first-order chi connectivity index (χ1) is 15.7. The number of nitrogens with zero attached hydrogens (tertiary/aromatic N) is 2. The fourth-order valence-electron chi connectivity index (χ4n) is 4.50. The van der Waals surface area contributed by atoms with Crippen molar-refractivity contribution >= 4 is 17.9 Å². The van der Waals surface area contributed by atoms with E-state index >= 15 is 0 Å². The minimum Gasteiger partial charge on any atom is -0.464 e. The van der Waals surface area contributed by atoms with Crippen molar-refractivity contribution < 1.29 is 30.3 Å². The number of benzene rings is 1. The first-order valence-corrected chi connectivity index (χ1v) is 12.0. The van der Waals surface area contributed by atoms with Crippen LogP contribution in [0.25, 0.3) is 0 Å². The molecule has 2 unspecified atom stereocenters. The second-order valence-electron chi connectivity index (χ2n) is 8.77. The molecule has 0 amide bonds. The maximum absolute atomic E-state index is 11.0. The topological polar surface area (TPSA) is 148 Å². The number of imidazole rings is 1. The predicted octanol–water partition coefficient (Wildman–Crippen LogP) is 1.05. The summed E-state index contributed by atoms with van der Waals surface area (Å²) in [5.41, 5.74) is 1.68. The molecule has 0 saturated carbocycles. The van der Waals surface area contributed by atoms with Crippen molar-refractivity contribution in [1.82, 2.24) is 14.9 Å². The van der Waals surface area contributed by atoms with Crippen LogP contribution in [-0.4, -0.2) is 88.7 Å². The molecule has 3 rings (SSSR count). The molecule has 2 aromatic rings. The van der Waals surface area contributed by atoms with Gasteiger partial charge in [-0.2, -0.15) is 0 Å². The number of carbonyl (C=O) groups is 1. The molecule has 0 bridgehead atoms. The van der Waals surface area contributed by atoms with Gasteiger partial charge in [0.25, 0.3) is 0 Å². The van der Waals surface area contributed by atoms with Gasteiger partial charge in [0.2, 0.25) is 0 Å². The molecule has 2 heterocycles. The minimum absolute atomic E-state index is 0.0232. The highest BCUT2D eigenvalue weighted by Crippen LogP contribution is 2.42. The Labute approximate surface area is 197 Å². The van der Waals surface area contributed by atoms with Crippen molar-refractivity contribution in [2.45, 2.75) is 73.5 Å². The second-order valence-corrected chi connectivity index (χ2v) is 10.2. The van der Waals surface area contributed by atoms with Gasteiger partial charge in [-0.25, -0.2) is 14.3 Å². The van der Waals surface area contributed by atoms with E-state index in [9.17, 15) is 25.2 Å². The molecule has 1 fully saturated rings. The number of thioether (sulfide) groups is 1. The largest absolute Gasteiger partial charge is 0.464 e. The first kappa shape index (κ1) is 25.7. The van der Waals surface area contributed by atoms with E-state index in [1.165, 1.54) is 24.3 Å². The normalized spacial score (nSPS) is 28.2. The van der Waals surface area contributed by atoms with E-state index in [2.05, 4.69) is 10.3 Å². The van der Waals surface area contributed by atoms with Crippen molar-refractivity contribution in [3.05, 3.63) is 54.1 Å². The number of hydrogen-bond acceptors (Lipinski definition) is 8. The SMILES string of the molecule is CC(CC(c1ccccc1)[C@@H]1S[C@H](CO)[C@H](O)[C@H](O)[C@H]1O)N[C@H](C)Cc1cn(C(=O)O)cn1. The van der Waals surface area contributed by atoms with Gasteiger partial charge in [-0.15, -0.1) is 11.8 Å². The van der Waals surface area contributed by atoms with Gasteiger partial charge in [0.15, 0.2) is 0 Å². The molecule has 1 aliphatic heterocycles. The van der Waals surface area contributed by atoms with E-state index < -0.39 is 34.9 Å². The van der Waals surface area contributed by atoms with Crippen molar-refractivity contribution in [3.63, 3.8) is 0 Å². The number of aliphatic hydroxyl groups is 4. The molecular weight excluding hydrogens is 446 g/mol. The van der Waals surface area contributed by atoms with E-state index in [1.807, 2.05) is 44.2 Å². The lowest BCUT2D eigenvalue weighted by Crippen LogP contribution is -2.55. The predicted molar refractivity (Wildman–Crippen MR) is 125 cm³/mol. The van der Waals surface area contributed by atoms with Gasteiger partial charge < -0.3 is 30.8 Å². The zero-order chi connectivity index (χ0) is 24.1. The molecule has 0 radical (unpaired) electrons. The average Bonchev–Trinajstić information content (AvgIpc) is 3.25. The number of carboxylic acid groups (broad SMARTS) is 1. The van der Waals surface area contributed by atoms with Crippen LogP contribution >= 0.6 is 11.8 Å². The summed E-state index contributed by atoms with van der Waals surface area (Å²) in [6.45, 7) is 3.75. The van der Waals surface area contributed by atoms with Crippen LogP contribution < -0.4 is 5.32 Å². The Kier molecular flexibility index (Phi) is 8.91. The Hall–Kier alpha value is -1.95. The maximum Gasteiger partial charge on any atom is 0.416 e. The van der Waals surface area contributed by atoms with Gasteiger partial charge in [-0.3, -0.25) is 0 Å². The first-order valence-electron chi connectivity index (χ1n) is 11.1. The third-order valence-corrected chi connectivity index (χ3v) is 7.80. The van der Waals surface area contributed by atoms with Crippen LogP contribution in [0.5, 0.6) is 0 Å². The number of nitrogens with one attached hydrogen (secondary N) is 1. The third-order valence-electron chi connectivity index (χ3n) is 6.10. The molecule has 0 aliphatic carbocycles. The summed E-state index contributed by atoms with van der Waals surface area (Å²) < 4.78 is 1.02. The zero-order valence-electron chi connectivity index (χ0n) is 18.7. The average molecular weight is 480 g/mol. The Morgan fingerprint density at radius 2 is 1.82 bits per heavy atom. The highest BCUT2D eigenvalue weighted by atomic mass is 32.2. The Balaban J connectivity index is 1.71. The van der Waals surface area contributed by atoms with Crippen LogP contribution in [0.4, 0.5) is 4.79 Å². The van der Waals surface area contributed by atoms with Gasteiger partial charge in [0, 0.05) is 30.0 Å². The molecule has 1 aromatic carbocycles. The van der Waals surface area contributed by atoms with Crippen LogP contribution in [0.3, 0.4) is 0 Å². The van der Waals surface area contributed by atoms with Crippen molar-refractivity contribution in [3.8, 4) is 0 Å². The lowest BCUT2D eigenvalue weighted by atomic mass is 9.84. The summed E-state index contributed by atoms with van der Waals surface area (Å²) in [4.78, 5) is 15.2. The minimum atomic E-state index is -1.33. The number of aromatic nitrogens is 2. The summed E-state index contributed by atoms with van der Waals surface area (Å²) in [5, 5.41) is 52.7. The molecule has 182 valence electrons. The van der Waals surface area contributed by atoms with Crippen molar-refractivity contribution in [1.29, 1.82) is 0 Å². The van der Waals surface area contributed by atoms with Crippen LogP contribution in [0.2, 0.25) is 0 Å². The molecule has 33 heavy (non-hydrogen) atoms. The Morgan fingerprint density at radius 1 is 1.12 bits per heavy atom. The van der Waals surface area contributed by atoms with Crippen LogP contribution in [-0.2, 0) is 6.42 Å². The van der Waals surface area contributed by atoms with Crippen LogP contribution in [0.1, 0.15) is 37.4 Å². The molecule has 9 nitrogen and oxygen atoms in total. The maximum atomic E-state index is 11.0. The van der Waals surface area contributed by atoms with E-state index in [1.54, 1.807) is 0 Å². The van der Waals surface area contributed by atoms with Gasteiger partial charge in [0.1, 0.15) is 12.4 Å². The molecule has 8 atom stereocenters. The monoisotopic (exact) mass is 479 g/mol. The van der Waals surface area contributed by atoms with Gasteiger partial charge >= 0.3 is 6.09 Å². The number of rotatable bonds is 9. The summed E-state index contributed by atoms with van der Waals surface area (Å²) in [7, 11) is 0. The van der Waals surface area contributed by atoms with Crippen LogP contribution in [0.15, 0.2) is 42.9 Å². The standard InChI is InChI=1S/C23H33N3O6S/c1-13(8-16-10-26(12-24-16)23(31)32)25-14(2)9-17(15-6-4-3-5-7-15)22-21(30)20(29)19(28)18(11-27)33-22/h3-7,10,12-14,17-22,25,27-30H,8-9,11H2,1-2H3,(H,31,32)/t13-,14?,17?,18-,19+,20+,21-,22+/m1/s1. The van der Waals surface area contributed by atoms with Crippen molar-refractivity contribution in [2.75, 3.05) is 6.61 Å². The molecule has 1 saturated heterocycles. The highest BCUT2D eigenvalue weighted by molar-refractivity contribution is 8.00. The number of hydrogen-bond donors (Lipinski definition) is 6. The number of aliphatic hydroxyl groups excluding tert-OH is 4. The van der Waals surface area contributed by atoms with E-state index in [4.69, 9.17) is 5.11 Å². The van der Waals surface area contributed by atoms with Gasteiger partial charge in [0.05, 0.1) is 29.8 Å². The Bertz CT molecular complexity index is 895. The van der Waals surface area contributed by atoms with E-state index in [0.717, 1.165) is 10.1 Å². The quantitative estimate of drug-likeness (QED) is 0.310. The summed E-state index contributed by atoms with van der Waals surface area (Å²) in [5.74, 6) is -0.136. The Morgan fingerprint density at radius 3 is 2.42 bits per heavy atom. The zero-order valence-corrected chi connectivity index (χ0v) is 19.5. The molecular formula is C23H33N3O6S. The summed E-state index contributed by atoms with van der Waals surface area (Å²) >= 11 is 1.32. The second kappa shape index (κ2) is 11.5. The molecule has 1 aromatic heterocycles. The fraction of sp³-hybridized carbons (Fsp3) is 0.565. The lowest BCUT2D eigenvalue weighted by Gasteiger charge is -2.43. The lowest BCUT2D eigenvalue weighted by molar-refractivity contribution is -0.0722. The summed E-state index contributed by atoms with van der Waals surface area (Å²) in [6.07, 6.45) is -0.762. The molecule has 6 N–H and O–H groups in total. The van der Waals surface area contributed by atoms with E-state index in [-0.39, 0.29) is 24.6 Å².